The number of anilines is 1. The lowest BCUT2D eigenvalue weighted by Crippen LogP contribution is -2.49. The molecule has 38 heavy (non-hydrogen) atoms. The van der Waals surface area contributed by atoms with Gasteiger partial charge in [-0.1, -0.05) is 6.42 Å². The predicted molar refractivity (Wildman–Crippen MR) is 146 cm³/mol. The maximum Gasteiger partial charge on any atom is 0.253 e. The number of piperidine rings is 1. The SMILES string of the molecule is CCOc1ccc(-c2ccc(N3CCN(C(=O)c4ccc(S(=O)(=O)N5CCCCC5)cc4)CC3)nn2)cc1. The maximum atomic E-state index is 13.1. The second-order valence-electron chi connectivity index (χ2n) is 9.50. The van der Waals surface area contributed by atoms with Crippen molar-refractivity contribution in [3.05, 3.63) is 66.2 Å². The molecule has 2 aliphatic heterocycles. The third kappa shape index (κ3) is 5.66. The van der Waals surface area contributed by atoms with Crippen LogP contribution in [0.15, 0.2) is 65.6 Å². The molecule has 0 unspecified atom stereocenters. The summed E-state index contributed by atoms with van der Waals surface area (Å²) in [5.41, 5.74) is 2.25. The Morgan fingerprint density at radius 1 is 0.816 bits per heavy atom. The third-order valence-corrected chi connectivity index (χ3v) is 8.97. The Morgan fingerprint density at radius 2 is 1.50 bits per heavy atom. The fourth-order valence-electron chi connectivity index (χ4n) is 4.88. The van der Waals surface area contributed by atoms with Crippen molar-refractivity contribution in [2.75, 3.05) is 50.8 Å². The zero-order valence-electron chi connectivity index (χ0n) is 21.6. The second-order valence-corrected chi connectivity index (χ2v) is 11.4. The smallest absolute Gasteiger partial charge is 0.253 e. The highest BCUT2D eigenvalue weighted by atomic mass is 32.2. The van der Waals surface area contributed by atoms with Crippen LogP contribution in [0.25, 0.3) is 11.3 Å². The van der Waals surface area contributed by atoms with Gasteiger partial charge in [-0.05, 0) is 80.4 Å². The topological polar surface area (TPSA) is 95.9 Å². The van der Waals surface area contributed by atoms with Crippen LogP contribution in [0.5, 0.6) is 5.75 Å². The molecule has 0 aliphatic carbocycles. The van der Waals surface area contributed by atoms with Crippen molar-refractivity contribution in [3.63, 3.8) is 0 Å². The molecule has 9 nitrogen and oxygen atoms in total. The first-order valence-electron chi connectivity index (χ1n) is 13.2. The van der Waals surface area contributed by atoms with Crippen LogP contribution >= 0.6 is 0 Å². The minimum Gasteiger partial charge on any atom is -0.494 e. The van der Waals surface area contributed by atoms with Gasteiger partial charge in [0.25, 0.3) is 5.91 Å². The average Bonchev–Trinajstić information content (AvgIpc) is 2.98. The Kier molecular flexibility index (Phi) is 7.90. The summed E-state index contributed by atoms with van der Waals surface area (Å²) in [6.45, 7) is 6.08. The second kappa shape index (κ2) is 11.5. The van der Waals surface area contributed by atoms with Crippen LogP contribution in [0.1, 0.15) is 36.5 Å². The van der Waals surface area contributed by atoms with Crippen LogP contribution in [0.4, 0.5) is 5.82 Å². The highest BCUT2D eigenvalue weighted by molar-refractivity contribution is 7.89. The highest BCUT2D eigenvalue weighted by Crippen LogP contribution is 2.24. The van der Waals surface area contributed by atoms with Gasteiger partial charge in [0.15, 0.2) is 5.82 Å². The van der Waals surface area contributed by atoms with Gasteiger partial charge in [0.1, 0.15) is 5.75 Å². The fraction of sp³-hybridized carbons (Fsp3) is 0.393. The molecule has 2 aromatic carbocycles. The van der Waals surface area contributed by atoms with Crippen LogP contribution < -0.4 is 9.64 Å². The van der Waals surface area contributed by atoms with Gasteiger partial charge in [-0.2, -0.15) is 4.31 Å². The van der Waals surface area contributed by atoms with Crippen LogP contribution in [0.3, 0.4) is 0 Å². The molecule has 0 N–H and O–H groups in total. The minimum atomic E-state index is -3.51. The molecular weight excluding hydrogens is 502 g/mol. The largest absolute Gasteiger partial charge is 0.494 e. The van der Waals surface area contributed by atoms with E-state index in [0.717, 1.165) is 42.1 Å². The van der Waals surface area contributed by atoms with Crippen molar-refractivity contribution in [3.8, 4) is 17.0 Å². The molecule has 2 saturated heterocycles. The van der Waals surface area contributed by atoms with Crippen LogP contribution in [0, 0.1) is 0 Å². The summed E-state index contributed by atoms with van der Waals surface area (Å²) < 4.78 is 32.8. The Bertz CT molecular complexity index is 1330. The number of amides is 1. The minimum absolute atomic E-state index is 0.0940. The average molecular weight is 536 g/mol. The van der Waals surface area contributed by atoms with Crippen molar-refractivity contribution in [2.45, 2.75) is 31.1 Å². The number of sulfonamides is 1. The van der Waals surface area contributed by atoms with E-state index in [1.165, 1.54) is 0 Å². The van der Waals surface area contributed by atoms with Gasteiger partial charge in [-0.3, -0.25) is 4.79 Å². The van der Waals surface area contributed by atoms with E-state index in [-0.39, 0.29) is 10.8 Å². The molecule has 5 rings (SSSR count). The summed E-state index contributed by atoms with van der Waals surface area (Å²) in [5, 5.41) is 8.81. The van der Waals surface area contributed by atoms with E-state index >= 15 is 0 Å². The van der Waals surface area contributed by atoms with Crippen LogP contribution in [0.2, 0.25) is 0 Å². The molecule has 3 heterocycles. The molecule has 3 aromatic rings. The zero-order valence-corrected chi connectivity index (χ0v) is 22.4. The standard InChI is InChI=1S/C28H33N5O4S/c1-2-37-24-10-6-22(7-11-24)26-14-15-27(30-29-26)31-18-20-32(21-19-31)28(34)23-8-12-25(13-9-23)38(35,36)33-16-4-3-5-17-33/h6-15H,2-5,16-21H2,1H3. The van der Waals surface area contributed by atoms with E-state index in [9.17, 15) is 13.2 Å². The molecule has 1 aromatic heterocycles. The predicted octanol–water partition coefficient (Wildman–Crippen LogP) is 3.68. The number of rotatable bonds is 7. The number of ether oxygens (including phenoxy) is 1. The van der Waals surface area contributed by atoms with Gasteiger partial charge in [0.2, 0.25) is 10.0 Å². The molecule has 200 valence electrons. The third-order valence-electron chi connectivity index (χ3n) is 7.06. The molecule has 2 aliphatic rings. The van der Waals surface area contributed by atoms with Crippen molar-refractivity contribution >= 4 is 21.7 Å². The van der Waals surface area contributed by atoms with E-state index in [0.29, 0.717) is 51.4 Å². The molecule has 0 saturated carbocycles. The number of carbonyl (C=O) groups is 1. The van der Waals surface area contributed by atoms with Gasteiger partial charge < -0.3 is 14.5 Å². The molecule has 1 amide bonds. The lowest BCUT2D eigenvalue weighted by Gasteiger charge is -2.35. The Hall–Kier alpha value is -3.50. The molecule has 2 fully saturated rings. The Balaban J connectivity index is 1.17. The summed E-state index contributed by atoms with van der Waals surface area (Å²) in [6.07, 6.45) is 2.84. The Labute approximate surface area is 224 Å². The number of carbonyl (C=O) groups excluding carboxylic acids is 1. The zero-order chi connectivity index (χ0) is 26.5. The summed E-state index contributed by atoms with van der Waals surface area (Å²) in [4.78, 5) is 17.2. The van der Waals surface area contributed by atoms with E-state index in [2.05, 4.69) is 15.1 Å². The van der Waals surface area contributed by atoms with E-state index in [4.69, 9.17) is 4.74 Å². The monoisotopic (exact) mass is 535 g/mol. The molecular formula is C28H33N5O4S. The molecule has 10 heteroatoms. The number of hydrogen-bond donors (Lipinski definition) is 0. The van der Waals surface area contributed by atoms with Crippen LogP contribution in [-0.4, -0.2) is 79.6 Å². The van der Waals surface area contributed by atoms with Crippen molar-refractivity contribution in [2.24, 2.45) is 0 Å². The van der Waals surface area contributed by atoms with Gasteiger partial charge in [0.05, 0.1) is 17.2 Å². The number of aromatic nitrogens is 2. The van der Waals surface area contributed by atoms with Crippen molar-refractivity contribution in [1.82, 2.24) is 19.4 Å². The van der Waals surface area contributed by atoms with E-state index in [1.54, 1.807) is 33.5 Å². The molecule has 0 bridgehead atoms. The lowest BCUT2D eigenvalue weighted by atomic mass is 10.1. The normalized spacial score (nSPS) is 16.9. The first kappa shape index (κ1) is 26.1. The summed E-state index contributed by atoms with van der Waals surface area (Å²) in [7, 11) is -3.51. The molecule has 0 atom stereocenters. The number of piperazine rings is 1. The summed E-state index contributed by atoms with van der Waals surface area (Å²) in [6, 6.07) is 18.0. The van der Waals surface area contributed by atoms with Crippen molar-refractivity contribution in [1.29, 1.82) is 0 Å². The number of nitrogens with zero attached hydrogens (tertiary/aromatic N) is 5. The van der Waals surface area contributed by atoms with E-state index in [1.807, 2.05) is 43.3 Å². The molecule has 0 radical (unpaired) electrons. The Morgan fingerprint density at radius 3 is 2.11 bits per heavy atom. The van der Waals surface area contributed by atoms with Crippen LogP contribution in [-0.2, 0) is 10.0 Å². The van der Waals surface area contributed by atoms with Gasteiger partial charge in [-0.15, -0.1) is 10.2 Å². The van der Waals surface area contributed by atoms with Gasteiger partial charge >= 0.3 is 0 Å². The quantitative estimate of drug-likeness (QED) is 0.455. The van der Waals surface area contributed by atoms with E-state index < -0.39 is 10.0 Å². The maximum absolute atomic E-state index is 13.1. The fourth-order valence-corrected chi connectivity index (χ4v) is 6.40. The first-order valence-corrected chi connectivity index (χ1v) is 14.6. The van der Waals surface area contributed by atoms with Crippen molar-refractivity contribution < 1.29 is 17.9 Å². The number of hydrogen-bond acceptors (Lipinski definition) is 7. The summed E-state index contributed by atoms with van der Waals surface area (Å²) in [5.74, 6) is 1.51. The van der Waals surface area contributed by atoms with Gasteiger partial charge in [-0.25, -0.2) is 8.42 Å². The van der Waals surface area contributed by atoms with Gasteiger partial charge in [0, 0.05) is 50.4 Å². The summed E-state index contributed by atoms with van der Waals surface area (Å²) >= 11 is 0. The molecule has 0 spiro atoms. The first-order chi connectivity index (χ1) is 18.5. The highest BCUT2D eigenvalue weighted by Gasteiger charge is 2.27. The number of benzene rings is 2. The lowest BCUT2D eigenvalue weighted by molar-refractivity contribution is 0.0746.